The number of aliphatic hydroxyl groups excluding tert-OH is 2. The van der Waals surface area contributed by atoms with Gasteiger partial charge >= 0.3 is 0 Å². The largest absolute Gasteiger partial charge is 0.394 e. The third-order valence-electron chi connectivity index (χ3n) is 12.1. The van der Waals surface area contributed by atoms with Gasteiger partial charge in [-0.3, -0.25) is 4.79 Å². The van der Waals surface area contributed by atoms with Crippen LogP contribution in [-0.2, 0) is 4.79 Å². The smallest absolute Gasteiger partial charge is 0.220 e. The summed E-state index contributed by atoms with van der Waals surface area (Å²) in [5.74, 6) is -0.0622. The SMILES string of the molecule is CCCCCCC/C=C\C/C=C\C/C=C\CCCCCCCCCCCCCCCCCCC(=O)NC(CO)C(O)/C=C/CCCCCCCCCCCCCCCC. The molecule has 0 rings (SSSR count). The molecule has 0 heterocycles. The minimum Gasteiger partial charge on any atom is -0.394 e. The van der Waals surface area contributed by atoms with Crippen LogP contribution in [0.15, 0.2) is 48.6 Å². The van der Waals surface area contributed by atoms with Gasteiger partial charge in [-0.2, -0.15) is 0 Å². The maximum Gasteiger partial charge on any atom is 0.220 e. The first-order valence-electron chi connectivity index (χ1n) is 26.4. The van der Waals surface area contributed by atoms with Crippen molar-refractivity contribution in [1.29, 1.82) is 0 Å². The molecule has 0 aromatic carbocycles. The van der Waals surface area contributed by atoms with Crippen LogP contribution in [0.5, 0.6) is 0 Å². The van der Waals surface area contributed by atoms with E-state index in [4.69, 9.17) is 0 Å². The Morgan fingerprint density at radius 2 is 0.695 bits per heavy atom. The molecule has 4 heteroatoms. The van der Waals surface area contributed by atoms with Crippen LogP contribution in [0.2, 0.25) is 0 Å². The summed E-state index contributed by atoms with van der Waals surface area (Å²) in [7, 11) is 0. The van der Waals surface area contributed by atoms with E-state index in [1.165, 1.54) is 218 Å². The Labute approximate surface area is 369 Å². The summed E-state index contributed by atoms with van der Waals surface area (Å²) in [6.45, 7) is 4.31. The fraction of sp³-hybridized carbons (Fsp3) is 0.836. The van der Waals surface area contributed by atoms with E-state index in [9.17, 15) is 15.0 Å². The molecule has 3 N–H and O–H groups in total. The number of hydrogen-bond donors (Lipinski definition) is 3. The van der Waals surface area contributed by atoms with Crippen LogP contribution < -0.4 is 5.32 Å². The predicted molar refractivity (Wildman–Crippen MR) is 262 cm³/mol. The van der Waals surface area contributed by atoms with E-state index in [1.807, 2.05) is 6.08 Å². The third-order valence-corrected chi connectivity index (χ3v) is 12.1. The standard InChI is InChI=1S/C55H103NO3/c1-3-5-7-9-11-13-15-17-19-21-22-23-24-25-26-27-28-29-30-31-32-33-34-35-37-39-41-43-45-47-49-51-55(59)56-53(52-57)54(58)50-48-46-44-42-40-38-36-20-18-16-14-12-10-8-6-4-2/h15,17,21-22,24-25,48,50,53-54,57-58H,3-14,16,18-20,23,26-47,49,51-52H2,1-2H3,(H,56,59)/b17-15-,22-21-,25-24-,50-48+. The summed E-state index contributed by atoms with van der Waals surface area (Å²) < 4.78 is 0. The second-order valence-corrected chi connectivity index (χ2v) is 17.9. The Morgan fingerprint density at radius 1 is 0.407 bits per heavy atom. The number of allylic oxidation sites excluding steroid dienone is 7. The molecule has 0 fully saturated rings. The van der Waals surface area contributed by atoms with Gasteiger partial charge in [-0.05, 0) is 57.8 Å². The van der Waals surface area contributed by atoms with Gasteiger partial charge in [-0.15, -0.1) is 0 Å². The predicted octanol–water partition coefficient (Wildman–Crippen LogP) is 17.1. The minimum atomic E-state index is -0.839. The Hall–Kier alpha value is -1.65. The fourth-order valence-electron chi connectivity index (χ4n) is 8.01. The number of unbranched alkanes of at least 4 members (excludes halogenated alkanes) is 35. The number of rotatable bonds is 48. The summed E-state index contributed by atoms with van der Waals surface area (Å²) in [5.41, 5.74) is 0. The average Bonchev–Trinajstić information content (AvgIpc) is 3.24. The van der Waals surface area contributed by atoms with E-state index in [-0.39, 0.29) is 12.5 Å². The van der Waals surface area contributed by atoms with E-state index in [2.05, 4.69) is 55.6 Å². The second kappa shape index (κ2) is 50.7. The van der Waals surface area contributed by atoms with E-state index < -0.39 is 12.1 Å². The number of aliphatic hydroxyl groups is 2. The minimum absolute atomic E-state index is 0.0622. The first-order valence-corrected chi connectivity index (χ1v) is 26.4. The molecule has 0 saturated heterocycles. The molecule has 4 nitrogen and oxygen atoms in total. The van der Waals surface area contributed by atoms with Crippen molar-refractivity contribution in [2.24, 2.45) is 0 Å². The number of carbonyl (C=O) groups excluding carboxylic acids is 1. The summed E-state index contributed by atoms with van der Waals surface area (Å²) in [6.07, 6.45) is 69.7. The maximum atomic E-state index is 12.4. The lowest BCUT2D eigenvalue weighted by Crippen LogP contribution is -2.45. The highest BCUT2D eigenvalue weighted by molar-refractivity contribution is 5.76. The molecular weight excluding hydrogens is 723 g/mol. The number of nitrogens with one attached hydrogen (secondary N) is 1. The molecule has 0 spiro atoms. The van der Waals surface area contributed by atoms with Gasteiger partial charge in [0.1, 0.15) is 0 Å². The molecule has 0 aromatic heterocycles. The molecule has 2 unspecified atom stereocenters. The van der Waals surface area contributed by atoms with Gasteiger partial charge in [0.15, 0.2) is 0 Å². The molecule has 346 valence electrons. The lowest BCUT2D eigenvalue weighted by atomic mass is 10.0. The summed E-state index contributed by atoms with van der Waals surface area (Å²) in [6, 6.07) is -0.622. The van der Waals surface area contributed by atoms with Gasteiger partial charge in [0.2, 0.25) is 5.91 Å². The van der Waals surface area contributed by atoms with Crippen LogP contribution in [-0.4, -0.2) is 34.9 Å². The number of carbonyl (C=O) groups is 1. The highest BCUT2D eigenvalue weighted by Gasteiger charge is 2.18. The normalized spacial score (nSPS) is 13.2. The third kappa shape index (κ3) is 47.3. The van der Waals surface area contributed by atoms with E-state index >= 15 is 0 Å². The lowest BCUT2D eigenvalue weighted by molar-refractivity contribution is -0.123. The summed E-state index contributed by atoms with van der Waals surface area (Å²) in [5, 5.41) is 23.1. The topological polar surface area (TPSA) is 69.6 Å². The summed E-state index contributed by atoms with van der Waals surface area (Å²) >= 11 is 0. The zero-order valence-corrected chi connectivity index (χ0v) is 39.8. The van der Waals surface area contributed by atoms with Crippen molar-refractivity contribution in [3.05, 3.63) is 48.6 Å². The van der Waals surface area contributed by atoms with E-state index in [1.54, 1.807) is 6.08 Å². The van der Waals surface area contributed by atoms with Crippen LogP contribution in [0.25, 0.3) is 0 Å². The monoisotopic (exact) mass is 826 g/mol. The van der Waals surface area contributed by atoms with Crippen molar-refractivity contribution in [3.8, 4) is 0 Å². The van der Waals surface area contributed by atoms with Crippen molar-refractivity contribution >= 4 is 5.91 Å². The van der Waals surface area contributed by atoms with Gasteiger partial charge in [0, 0.05) is 6.42 Å². The van der Waals surface area contributed by atoms with Crippen LogP contribution in [0.3, 0.4) is 0 Å². The molecule has 59 heavy (non-hydrogen) atoms. The molecule has 2 atom stereocenters. The Kier molecular flexibility index (Phi) is 49.3. The molecule has 0 aliphatic rings. The van der Waals surface area contributed by atoms with Crippen LogP contribution in [0.4, 0.5) is 0 Å². The van der Waals surface area contributed by atoms with E-state index in [0.29, 0.717) is 6.42 Å². The molecule has 0 bridgehead atoms. The molecule has 0 radical (unpaired) electrons. The van der Waals surface area contributed by atoms with Gasteiger partial charge < -0.3 is 15.5 Å². The highest BCUT2D eigenvalue weighted by Crippen LogP contribution is 2.16. The Morgan fingerprint density at radius 3 is 1.03 bits per heavy atom. The zero-order valence-electron chi connectivity index (χ0n) is 39.8. The number of hydrogen-bond acceptors (Lipinski definition) is 3. The fourth-order valence-corrected chi connectivity index (χ4v) is 8.01. The molecule has 0 aliphatic heterocycles. The number of amides is 1. The van der Waals surface area contributed by atoms with Crippen LogP contribution >= 0.6 is 0 Å². The van der Waals surface area contributed by atoms with Crippen molar-refractivity contribution in [3.63, 3.8) is 0 Å². The molecule has 0 aromatic rings. The van der Waals surface area contributed by atoms with Crippen molar-refractivity contribution in [2.75, 3.05) is 6.61 Å². The zero-order chi connectivity index (χ0) is 42.8. The Balaban J connectivity index is 3.49. The van der Waals surface area contributed by atoms with Gasteiger partial charge in [0.05, 0.1) is 18.8 Å². The van der Waals surface area contributed by atoms with Crippen molar-refractivity contribution in [2.45, 2.75) is 289 Å². The molecule has 1 amide bonds. The summed E-state index contributed by atoms with van der Waals surface area (Å²) in [4.78, 5) is 12.4. The second-order valence-electron chi connectivity index (χ2n) is 17.9. The van der Waals surface area contributed by atoms with Crippen LogP contribution in [0.1, 0.15) is 277 Å². The quantitative estimate of drug-likeness (QED) is 0.0423. The highest BCUT2D eigenvalue weighted by atomic mass is 16.3. The lowest BCUT2D eigenvalue weighted by Gasteiger charge is -2.20. The van der Waals surface area contributed by atoms with E-state index in [0.717, 1.165) is 38.5 Å². The van der Waals surface area contributed by atoms with Gasteiger partial charge in [0.25, 0.3) is 0 Å². The van der Waals surface area contributed by atoms with Crippen molar-refractivity contribution in [1.82, 2.24) is 5.32 Å². The van der Waals surface area contributed by atoms with Gasteiger partial charge in [-0.25, -0.2) is 0 Å². The Bertz CT molecular complexity index is 939. The van der Waals surface area contributed by atoms with Crippen molar-refractivity contribution < 1.29 is 15.0 Å². The maximum absolute atomic E-state index is 12.4. The molecular formula is C55H103NO3. The molecule has 0 aliphatic carbocycles. The van der Waals surface area contributed by atoms with Crippen LogP contribution in [0, 0.1) is 0 Å². The first kappa shape index (κ1) is 57.3. The average molecular weight is 826 g/mol. The molecule has 0 saturated carbocycles. The van der Waals surface area contributed by atoms with Gasteiger partial charge in [-0.1, -0.05) is 262 Å². The first-order chi connectivity index (χ1) is 29.2.